The predicted molar refractivity (Wildman–Crippen MR) is 103 cm³/mol. The summed E-state index contributed by atoms with van der Waals surface area (Å²) in [5.41, 5.74) is 3.86. The Hall–Kier alpha value is -1.89. The normalized spacial score (nSPS) is 15.4. The summed E-state index contributed by atoms with van der Waals surface area (Å²) in [6, 6.07) is 8.50. The molecule has 1 N–H and O–H groups in total. The van der Waals surface area contributed by atoms with E-state index in [4.69, 9.17) is 4.74 Å². The van der Waals surface area contributed by atoms with E-state index in [1.165, 1.54) is 27.0 Å². The Morgan fingerprint density at radius 1 is 1.24 bits per heavy atom. The second-order valence-corrected chi connectivity index (χ2v) is 7.75. The van der Waals surface area contributed by atoms with Crippen LogP contribution >= 0.6 is 11.3 Å². The molecule has 5 nitrogen and oxygen atoms in total. The first-order valence-electron chi connectivity index (χ1n) is 8.73. The van der Waals surface area contributed by atoms with Crippen LogP contribution in [-0.2, 0) is 17.8 Å². The van der Waals surface area contributed by atoms with Crippen molar-refractivity contribution in [1.29, 1.82) is 0 Å². The highest BCUT2D eigenvalue weighted by molar-refractivity contribution is 7.15. The zero-order valence-electron chi connectivity index (χ0n) is 14.8. The number of hydrogen-bond acceptors (Lipinski definition) is 5. The Kier molecular flexibility index (Phi) is 4.74. The van der Waals surface area contributed by atoms with Gasteiger partial charge in [-0.3, -0.25) is 4.90 Å². The molecule has 1 aromatic carbocycles. The monoisotopic (exact) mass is 356 g/mol. The molecule has 1 fully saturated rings. The summed E-state index contributed by atoms with van der Waals surface area (Å²) in [4.78, 5) is 14.1. The fourth-order valence-electron chi connectivity index (χ4n) is 3.36. The molecule has 0 saturated carbocycles. The number of aromatic amines is 1. The summed E-state index contributed by atoms with van der Waals surface area (Å²) in [5.74, 6) is 0. The number of benzene rings is 1. The molecule has 0 amide bonds. The zero-order chi connectivity index (χ0) is 17.2. The van der Waals surface area contributed by atoms with Crippen LogP contribution < -0.4 is 4.90 Å². The Bertz CT molecular complexity index is 850. The Morgan fingerprint density at radius 3 is 2.84 bits per heavy atom. The van der Waals surface area contributed by atoms with Crippen LogP contribution in [0.15, 0.2) is 30.5 Å². The Morgan fingerprint density at radius 2 is 2.04 bits per heavy atom. The predicted octanol–water partition coefficient (Wildman–Crippen LogP) is 3.40. The van der Waals surface area contributed by atoms with Crippen molar-refractivity contribution in [3.63, 3.8) is 0 Å². The molecular formula is C19H24N4OS. The van der Waals surface area contributed by atoms with Gasteiger partial charge in [0.15, 0.2) is 5.13 Å². The van der Waals surface area contributed by atoms with Crippen LogP contribution in [0.25, 0.3) is 10.9 Å². The molecule has 0 unspecified atom stereocenters. The van der Waals surface area contributed by atoms with Gasteiger partial charge in [0.25, 0.3) is 0 Å². The standard InChI is InChI=1S/C19H24N4OS/c1-14-16-5-3-4-6-17(16)21-18(14)13-22(2)12-15-11-20-19(25-15)23-7-9-24-10-8-23/h3-6,11,21H,7-10,12-13H2,1-2H3. The number of nitrogens with zero attached hydrogens (tertiary/aromatic N) is 3. The molecule has 132 valence electrons. The summed E-state index contributed by atoms with van der Waals surface area (Å²) in [5, 5.41) is 2.44. The number of nitrogens with one attached hydrogen (secondary N) is 1. The first kappa shape index (κ1) is 16.6. The maximum atomic E-state index is 5.42. The summed E-state index contributed by atoms with van der Waals surface area (Å²) in [6.07, 6.45) is 2.02. The average molecular weight is 356 g/mol. The molecule has 4 rings (SSSR count). The lowest BCUT2D eigenvalue weighted by Crippen LogP contribution is -2.36. The minimum absolute atomic E-state index is 0.800. The van der Waals surface area contributed by atoms with E-state index in [1.54, 1.807) is 11.3 Å². The molecule has 25 heavy (non-hydrogen) atoms. The second kappa shape index (κ2) is 7.15. The van der Waals surface area contributed by atoms with Crippen molar-refractivity contribution in [3.8, 4) is 0 Å². The number of thiazole rings is 1. The third-order valence-electron chi connectivity index (χ3n) is 4.75. The number of rotatable bonds is 5. The van der Waals surface area contributed by atoms with Crippen molar-refractivity contribution >= 4 is 27.4 Å². The minimum Gasteiger partial charge on any atom is -0.378 e. The number of fused-ring (bicyclic) bond motifs is 1. The van der Waals surface area contributed by atoms with Gasteiger partial charge in [-0.1, -0.05) is 18.2 Å². The maximum Gasteiger partial charge on any atom is 0.185 e. The van der Waals surface area contributed by atoms with Crippen LogP contribution in [-0.4, -0.2) is 48.2 Å². The molecule has 1 saturated heterocycles. The second-order valence-electron chi connectivity index (χ2n) is 6.65. The summed E-state index contributed by atoms with van der Waals surface area (Å²) >= 11 is 1.79. The van der Waals surface area contributed by atoms with Gasteiger partial charge in [0.1, 0.15) is 0 Å². The van der Waals surface area contributed by atoms with Crippen LogP contribution in [0.2, 0.25) is 0 Å². The topological polar surface area (TPSA) is 44.4 Å². The van der Waals surface area contributed by atoms with Gasteiger partial charge in [0.2, 0.25) is 0 Å². The van der Waals surface area contributed by atoms with Gasteiger partial charge in [-0.2, -0.15) is 0 Å². The Labute approximate surface area is 152 Å². The first-order chi connectivity index (χ1) is 12.2. The highest BCUT2D eigenvalue weighted by Gasteiger charge is 2.16. The molecule has 0 atom stereocenters. The lowest BCUT2D eigenvalue weighted by atomic mass is 10.1. The van der Waals surface area contributed by atoms with Crippen LogP contribution in [0.4, 0.5) is 5.13 Å². The van der Waals surface area contributed by atoms with Crippen molar-refractivity contribution in [3.05, 3.63) is 46.6 Å². The molecule has 0 aliphatic carbocycles. The van der Waals surface area contributed by atoms with E-state index in [0.29, 0.717) is 0 Å². The number of anilines is 1. The number of morpholine rings is 1. The Balaban J connectivity index is 1.42. The number of H-pyrrole nitrogens is 1. The lowest BCUT2D eigenvalue weighted by Gasteiger charge is -2.26. The van der Waals surface area contributed by atoms with Gasteiger partial charge in [0.05, 0.1) is 13.2 Å². The largest absolute Gasteiger partial charge is 0.378 e. The van der Waals surface area contributed by atoms with Crippen LogP contribution in [0.5, 0.6) is 0 Å². The third-order valence-corrected chi connectivity index (χ3v) is 5.79. The van der Waals surface area contributed by atoms with Crippen LogP contribution in [0, 0.1) is 6.92 Å². The zero-order valence-corrected chi connectivity index (χ0v) is 15.6. The van der Waals surface area contributed by atoms with E-state index in [1.807, 2.05) is 6.20 Å². The van der Waals surface area contributed by atoms with E-state index in [9.17, 15) is 0 Å². The van der Waals surface area contributed by atoms with Crippen LogP contribution in [0.3, 0.4) is 0 Å². The van der Waals surface area contributed by atoms with E-state index < -0.39 is 0 Å². The summed E-state index contributed by atoms with van der Waals surface area (Å²) in [6.45, 7) is 7.50. The number of hydrogen-bond donors (Lipinski definition) is 1. The van der Waals surface area contributed by atoms with Gasteiger partial charge < -0.3 is 14.6 Å². The fourth-order valence-corrected chi connectivity index (χ4v) is 4.40. The molecule has 3 aromatic rings. The summed E-state index contributed by atoms with van der Waals surface area (Å²) in [7, 11) is 2.17. The van der Waals surface area contributed by atoms with Crippen LogP contribution in [0.1, 0.15) is 16.1 Å². The van der Waals surface area contributed by atoms with E-state index in [2.05, 4.69) is 58.0 Å². The van der Waals surface area contributed by atoms with Crippen molar-refractivity contribution in [2.75, 3.05) is 38.3 Å². The SMILES string of the molecule is Cc1c(CN(C)Cc2cnc(N3CCOCC3)s2)[nH]c2ccccc12. The molecule has 0 spiro atoms. The van der Waals surface area contributed by atoms with Gasteiger partial charge in [0, 0.05) is 53.8 Å². The molecule has 1 aliphatic rings. The number of ether oxygens (including phenoxy) is 1. The highest BCUT2D eigenvalue weighted by atomic mass is 32.1. The first-order valence-corrected chi connectivity index (χ1v) is 9.54. The van der Waals surface area contributed by atoms with Crippen molar-refractivity contribution in [1.82, 2.24) is 14.9 Å². The molecule has 6 heteroatoms. The molecule has 0 bridgehead atoms. The molecule has 1 aliphatic heterocycles. The quantitative estimate of drug-likeness (QED) is 0.761. The van der Waals surface area contributed by atoms with Crippen molar-refractivity contribution < 1.29 is 4.74 Å². The van der Waals surface area contributed by atoms with Crippen molar-refractivity contribution in [2.24, 2.45) is 0 Å². The highest BCUT2D eigenvalue weighted by Crippen LogP contribution is 2.26. The number of aryl methyl sites for hydroxylation is 1. The molecule has 0 radical (unpaired) electrons. The van der Waals surface area contributed by atoms with Gasteiger partial charge >= 0.3 is 0 Å². The maximum absolute atomic E-state index is 5.42. The van der Waals surface area contributed by atoms with E-state index >= 15 is 0 Å². The van der Waals surface area contributed by atoms with Gasteiger partial charge in [-0.15, -0.1) is 11.3 Å². The van der Waals surface area contributed by atoms with E-state index in [0.717, 1.165) is 44.5 Å². The fraction of sp³-hybridized carbons (Fsp3) is 0.421. The van der Waals surface area contributed by atoms with Gasteiger partial charge in [-0.05, 0) is 25.6 Å². The molecule has 2 aromatic heterocycles. The molecular weight excluding hydrogens is 332 g/mol. The third kappa shape index (κ3) is 3.56. The minimum atomic E-state index is 0.800. The van der Waals surface area contributed by atoms with Crippen molar-refractivity contribution in [2.45, 2.75) is 20.0 Å². The number of aromatic nitrogens is 2. The van der Waals surface area contributed by atoms with Gasteiger partial charge in [-0.25, -0.2) is 4.98 Å². The number of para-hydroxylation sites is 1. The average Bonchev–Trinajstić information content (AvgIpc) is 3.21. The smallest absolute Gasteiger partial charge is 0.185 e. The summed E-state index contributed by atoms with van der Waals surface area (Å²) < 4.78 is 5.42. The van der Waals surface area contributed by atoms with E-state index in [-0.39, 0.29) is 0 Å². The lowest BCUT2D eigenvalue weighted by molar-refractivity contribution is 0.122. The molecule has 3 heterocycles.